The molecule has 0 aromatic heterocycles. The highest BCUT2D eigenvalue weighted by atomic mass is 16.3. The van der Waals surface area contributed by atoms with Gasteiger partial charge >= 0.3 is 0 Å². The number of aryl methyl sites for hydroxylation is 1. The summed E-state index contributed by atoms with van der Waals surface area (Å²) in [6.07, 6.45) is 3.62. The molecule has 14 heavy (non-hydrogen) atoms. The monoisotopic (exact) mass is 191 g/mol. The summed E-state index contributed by atoms with van der Waals surface area (Å²) >= 11 is 0. The summed E-state index contributed by atoms with van der Waals surface area (Å²) in [6.45, 7) is 1.97. The van der Waals surface area contributed by atoms with Crippen LogP contribution in [0, 0.1) is 12.8 Å². The van der Waals surface area contributed by atoms with E-state index < -0.39 is 0 Å². The molecule has 1 saturated carbocycles. The molecule has 2 rings (SSSR count). The third kappa shape index (κ3) is 2.07. The molecule has 0 saturated heterocycles. The van der Waals surface area contributed by atoms with Crippen molar-refractivity contribution >= 4 is 0 Å². The highest BCUT2D eigenvalue weighted by Gasteiger charge is 2.25. The zero-order valence-corrected chi connectivity index (χ0v) is 8.53. The maximum absolute atomic E-state index is 9.72. The van der Waals surface area contributed by atoms with E-state index in [0.29, 0.717) is 5.75 Å². The molecule has 2 heteroatoms. The van der Waals surface area contributed by atoms with Crippen molar-refractivity contribution in [2.45, 2.75) is 32.2 Å². The first-order chi connectivity index (χ1) is 6.66. The summed E-state index contributed by atoms with van der Waals surface area (Å²) in [5.74, 6) is 1.14. The Bertz CT molecular complexity index is 331. The van der Waals surface area contributed by atoms with Crippen LogP contribution in [-0.4, -0.2) is 5.11 Å². The number of benzene rings is 1. The van der Waals surface area contributed by atoms with Crippen LogP contribution in [0.4, 0.5) is 0 Å². The minimum Gasteiger partial charge on any atom is -0.508 e. The number of nitrogens with two attached hydrogens (primary N) is 1. The fraction of sp³-hybridized carbons (Fsp3) is 0.500. The molecule has 76 valence electrons. The summed E-state index contributed by atoms with van der Waals surface area (Å²) in [6, 6.07) is 5.73. The summed E-state index contributed by atoms with van der Waals surface area (Å²) in [4.78, 5) is 0. The van der Waals surface area contributed by atoms with E-state index in [0.717, 1.165) is 23.5 Å². The Hall–Kier alpha value is -1.02. The van der Waals surface area contributed by atoms with E-state index in [-0.39, 0.29) is 6.04 Å². The molecule has 0 unspecified atom stereocenters. The normalized spacial score (nSPS) is 18.1. The lowest BCUT2D eigenvalue weighted by Gasteiger charge is -2.13. The fourth-order valence-corrected chi connectivity index (χ4v) is 1.81. The molecule has 1 aromatic rings. The van der Waals surface area contributed by atoms with E-state index in [1.807, 2.05) is 19.1 Å². The Morgan fingerprint density at radius 1 is 1.50 bits per heavy atom. The van der Waals surface area contributed by atoms with Gasteiger partial charge in [-0.05, 0) is 30.9 Å². The second kappa shape index (κ2) is 3.62. The number of aromatic hydroxyl groups is 1. The lowest BCUT2D eigenvalue weighted by molar-refractivity contribution is 0.455. The van der Waals surface area contributed by atoms with E-state index in [1.165, 1.54) is 12.8 Å². The standard InChI is InChI=1S/C12H17NO/c1-8-2-5-10(12(14)6-8)11(13)7-9-3-4-9/h2,5-6,9,11,14H,3-4,7,13H2,1H3/t11-/m0/s1. The van der Waals surface area contributed by atoms with Crippen molar-refractivity contribution in [1.82, 2.24) is 0 Å². The SMILES string of the molecule is Cc1ccc([C@@H](N)CC2CC2)c(O)c1. The number of phenols is 1. The molecule has 0 radical (unpaired) electrons. The van der Waals surface area contributed by atoms with Crippen LogP contribution >= 0.6 is 0 Å². The van der Waals surface area contributed by atoms with E-state index >= 15 is 0 Å². The lowest BCUT2D eigenvalue weighted by atomic mass is 10.00. The fourth-order valence-electron chi connectivity index (χ4n) is 1.81. The van der Waals surface area contributed by atoms with E-state index in [9.17, 15) is 5.11 Å². The molecule has 0 spiro atoms. The quantitative estimate of drug-likeness (QED) is 0.771. The zero-order valence-electron chi connectivity index (χ0n) is 8.53. The third-order valence-electron chi connectivity index (χ3n) is 2.87. The van der Waals surface area contributed by atoms with Crippen molar-refractivity contribution in [3.05, 3.63) is 29.3 Å². The number of hydrogen-bond acceptors (Lipinski definition) is 2. The van der Waals surface area contributed by atoms with Crippen molar-refractivity contribution < 1.29 is 5.11 Å². The van der Waals surface area contributed by atoms with Crippen LogP contribution in [0.2, 0.25) is 0 Å². The van der Waals surface area contributed by atoms with Gasteiger partial charge in [0.2, 0.25) is 0 Å². The van der Waals surface area contributed by atoms with Gasteiger partial charge in [-0.25, -0.2) is 0 Å². The molecule has 0 heterocycles. The van der Waals surface area contributed by atoms with E-state index in [1.54, 1.807) is 6.07 Å². The van der Waals surface area contributed by atoms with Gasteiger partial charge in [-0.15, -0.1) is 0 Å². The van der Waals surface area contributed by atoms with E-state index in [4.69, 9.17) is 5.73 Å². The van der Waals surface area contributed by atoms with Gasteiger partial charge in [0.25, 0.3) is 0 Å². The smallest absolute Gasteiger partial charge is 0.120 e. The average molecular weight is 191 g/mol. The number of hydrogen-bond donors (Lipinski definition) is 2. The van der Waals surface area contributed by atoms with Gasteiger partial charge in [-0.1, -0.05) is 25.0 Å². The van der Waals surface area contributed by atoms with Crippen LogP contribution in [0.25, 0.3) is 0 Å². The van der Waals surface area contributed by atoms with Gasteiger partial charge < -0.3 is 10.8 Å². The van der Waals surface area contributed by atoms with Gasteiger partial charge in [-0.3, -0.25) is 0 Å². The molecule has 3 N–H and O–H groups in total. The molecule has 1 aliphatic rings. The Morgan fingerprint density at radius 2 is 2.21 bits per heavy atom. The minimum absolute atomic E-state index is 0.00287. The van der Waals surface area contributed by atoms with Crippen molar-refractivity contribution in [3.63, 3.8) is 0 Å². The lowest BCUT2D eigenvalue weighted by Crippen LogP contribution is -2.11. The van der Waals surface area contributed by atoms with Crippen molar-refractivity contribution in [1.29, 1.82) is 0 Å². The topological polar surface area (TPSA) is 46.2 Å². The second-order valence-corrected chi connectivity index (χ2v) is 4.35. The Labute approximate surface area is 84.7 Å². The van der Waals surface area contributed by atoms with Crippen LogP contribution in [0.15, 0.2) is 18.2 Å². The van der Waals surface area contributed by atoms with Crippen molar-refractivity contribution in [2.75, 3.05) is 0 Å². The van der Waals surface area contributed by atoms with Gasteiger partial charge in [0, 0.05) is 11.6 Å². The number of rotatable bonds is 3. The van der Waals surface area contributed by atoms with Crippen LogP contribution in [0.5, 0.6) is 5.75 Å². The number of phenolic OH excluding ortho intramolecular Hbond substituents is 1. The van der Waals surface area contributed by atoms with E-state index in [2.05, 4.69) is 0 Å². The molecule has 2 nitrogen and oxygen atoms in total. The second-order valence-electron chi connectivity index (χ2n) is 4.35. The molecule has 0 aliphatic heterocycles. The molecule has 1 atom stereocenters. The Kier molecular flexibility index (Phi) is 2.46. The summed E-state index contributed by atoms with van der Waals surface area (Å²) < 4.78 is 0. The third-order valence-corrected chi connectivity index (χ3v) is 2.87. The molecular weight excluding hydrogens is 174 g/mol. The summed E-state index contributed by atoms with van der Waals surface area (Å²) in [5, 5.41) is 9.72. The Balaban J connectivity index is 2.13. The minimum atomic E-state index is 0.00287. The molecule has 1 aliphatic carbocycles. The highest BCUT2D eigenvalue weighted by Crippen LogP contribution is 2.38. The molecular formula is C12H17NO. The maximum Gasteiger partial charge on any atom is 0.120 e. The van der Waals surface area contributed by atoms with Gasteiger partial charge in [0.05, 0.1) is 0 Å². The maximum atomic E-state index is 9.72. The summed E-state index contributed by atoms with van der Waals surface area (Å²) in [7, 11) is 0. The average Bonchev–Trinajstić information content (AvgIpc) is 2.87. The van der Waals surface area contributed by atoms with Gasteiger partial charge in [-0.2, -0.15) is 0 Å². The molecule has 1 aromatic carbocycles. The largest absolute Gasteiger partial charge is 0.508 e. The van der Waals surface area contributed by atoms with Crippen LogP contribution in [-0.2, 0) is 0 Å². The van der Waals surface area contributed by atoms with Crippen LogP contribution in [0.3, 0.4) is 0 Å². The predicted molar refractivity (Wildman–Crippen MR) is 57.1 cm³/mol. The van der Waals surface area contributed by atoms with Gasteiger partial charge in [0.1, 0.15) is 5.75 Å². The first-order valence-electron chi connectivity index (χ1n) is 5.22. The zero-order chi connectivity index (χ0) is 10.1. The van der Waals surface area contributed by atoms with Crippen molar-refractivity contribution in [3.8, 4) is 5.75 Å². The predicted octanol–water partition coefficient (Wildman–Crippen LogP) is 2.50. The Morgan fingerprint density at radius 3 is 2.79 bits per heavy atom. The first-order valence-corrected chi connectivity index (χ1v) is 5.22. The van der Waals surface area contributed by atoms with Gasteiger partial charge in [0.15, 0.2) is 0 Å². The van der Waals surface area contributed by atoms with Crippen LogP contribution < -0.4 is 5.73 Å². The first kappa shape index (κ1) is 9.53. The van der Waals surface area contributed by atoms with Crippen LogP contribution in [0.1, 0.15) is 36.4 Å². The summed E-state index contributed by atoms with van der Waals surface area (Å²) in [5.41, 5.74) is 7.99. The molecule has 1 fully saturated rings. The molecule has 0 amide bonds. The highest BCUT2D eigenvalue weighted by molar-refractivity contribution is 5.37. The molecule has 0 bridgehead atoms. The van der Waals surface area contributed by atoms with Crippen molar-refractivity contribution in [2.24, 2.45) is 11.7 Å².